The number of aromatic nitrogens is 2. The number of nitrogens with zero attached hydrogens (tertiary/aromatic N) is 3. The molecule has 0 atom stereocenters. The standard InChI is InChI=1S/C17H23N5O2/c1-11(2)12-6-8-13(9-7-12)20-15-14(22(23)24)16(19-10-18-15)21-17(3,4)5/h6-11H,1-5H3,(H2,18,19,20,21). The van der Waals surface area contributed by atoms with Gasteiger partial charge in [0.25, 0.3) is 0 Å². The summed E-state index contributed by atoms with van der Waals surface area (Å²) in [4.78, 5) is 19.1. The topological polar surface area (TPSA) is 93.0 Å². The molecular formula is C17H23N5O2. The van der Waals surface area contributed by atoms with E-state index in [0.717, 1.165) is 5.69 Å². The summed E-state index contributed by atoms with van der Waals surface area (Å²) in [6.45, 7) is 9.97. The zero-order chi connectivity index (χ0) is 17.9. The van der Waals surface area contributed by atoms with Crippen molar-refractivity contribution in [3.8, 4) is 0 Å². The van der Waals surface area contributed by atoms with Crippen molar-refractivity contribution in [2.45, 2.75) is 46.1 Å². The van der Waals surface area contributed by atoms with Crippen LogP contribution in [0.5, 0.6) is 0 Å². The van der Waals surface area contributed by atoms with Gasteiger partial charge in [-0.15, -0.1) is 0 Å². The average molecular weight is 329 g/mol. The van der Waals surface area contributed by atoms with Gasteiger partial charge < -0.3 is 10.6 Å². The van der Waals surface area contributed by atoms with Gasteiger partial charge in [0.05, 0.1) is 4.92 Å². The van der Waals surface area contributed by atoms with E-state index in [1.807, 2.05) is 45.0 Å². The van der Waals surface area contributed by atoms with Crippen LogP contribution in [0.1, 0.15) is 46.1 Å². The highest BCUT2D eigenvalue weighted by atomic mass is 16.6. The lowest BCUT2D eigenvalue weighted by atomic mass is 10.0. The molecule has 7 nitrogen and oxygen atoms in total. The van der Waals surface area contributed by atoms with E-state index < -0.39 is 4.92 Å². The molecule has 0 fully saturated rings. The van der Waals surface area contributed by atoms with Gasteiger partial charge in [0.15, 0.2) is 0 Å². The lowest BCUT2D eigenvalue weighted by molar-refractivity contribution is -0.383. The highest BCUT2D eigenvalue weighted by Gasteiger charge is 2.25. The first-order valence-electron chi connectivity index (χ1n) is 7.82. The average Bonchev–Trinajstić information content (AvgIpc) is 2.46. The van der Waals surface area contributed by atoms with Gasteiger partial charge in [-0.1, -0.05) is 26.0 Å². The fraction of sp³-hybridized carbons (Fsp3) is 0.412. The fourth-order valence-electron chi connectivity index (χ4n) is 2.18. The predicted octanol–water partition coefficient (Wildman–Crippen LogP) is 4.46. The van der Waals surface area contributed by atoms with Crippen molar-refractivity contribution in [1.82, 2.24) is 9.97 Å². The molecule has 128 valence electrons. The molecule has 2 aromatic rings. The van der Waals surface area contributed by atoms with Crippen molar-refractivity contribution in [2.24, 2.45) is 0 Å². The molecule has 0 aliphatic heterocycles. The van der Waals surface area contributed by atoms with Gasteiger partial charge in [0.1, 0.15) is 6.33 Å². The van der Waals surface area contributed by atoms with Crippen LogP contribution in [0.3, 0.4) is 0 Å². The zero-order valence-corrected chi connectivity index (χ0v) is 14.6. The van der Waals surface area contributed by atoms with Gasteiger partial charge in [-0.05, 0) is 44.4 Å². The summed E-state index contributed by atoms with van der Waals surface area (Å²) in [6.07, 6.45) is 1.31. The third-order valence-corrected chi connectivity index (χ3v) is 3.34. The maximum Gasteiger partial charge on any atom is 0.353 e. The van der Waals surface area contributed by atoms with E-state index >= 15 is 0 Å². The SMILES string of the molecule is CC(C)c1ccc(Nc2ncnc(NC(C)(C)C)c2[N+](=O)[O-])cc1. The molecule has 24 heavy (non-hydrogen) atoms. The largest absolute Gasteiger partial charge is 0.360 e. The normalized spacial score (nSPS) is 11.4. The van der Waals surface area contributed by atoms with Gasteiger partial charge in [-0.25, -0.2) is 9.97 Å². The lowest BCUT2D eigenvalue weighted by Gasteiger charge is -2.21. The summed E-state index contributed by atoms with van der Waals surface area (Å²) in [5.74, 6) is 0.790. The van der Waals surface area contributed by atoms with Crippen LogP contribution in [0.25, 0.3) is 0 Å². The van der Waals surface area contributed by atoms with Crippen molar-refractivity contribution in [1.29, 1.82) is 0 Å². The van der Waals surface area contributed by atoms with Crippen LogP contribution >= 0.6 is 0 Å². The highest BCUT2D eigenvalue weighted by molar-refractivity contribution is 5.74. The molecule has 0 spiro atoms. The summed E-state index contributed by atoms with van der Waals surface area (Å²) in [5, 5.41) is 17.6. The number of rotatable bonds is 5. The van der Waals surface area contributed by atoms with Gasteiger partial charge in [0.2, 0.25) is 11.6 Å². The Bertz CT molecular complexity index is 721. The van der Waals surface area contributed by atoms with E-state index in [2.05, 4.69) is 34.4 Å². The van der Waals surface area contributed by atoms with Crippen LogP contribution in [0.4, 0.5) is 23.0 Å². The molecule has 2 rings (SSSR count). The minimum absolute atomic E-state index is 0.166. The first-order chi connectivity index (χ1) is 11.2. The Morgan fingerprint density at radius 2 is 1.67 bits per heavy atom. The first kappa shape index (κ1) is 17.7. The van der Waals surface area contributed by atoms with Crippen LogP contribution in [0.15, 0.2) is 30.6 Å². The van der Waals surface area contributed by atoms with E-state index in [-0.39, 0.29) is 22.9 Å². The van der Waals surface area contributed by atoms with Crippen molar-refractivity contribution in [3.05, 3.63) is 46.3 Å². The second kappa shape index (κ2) is 6.82. The third kappa shape index (κ3) is 4.41. The fourth-order valence-corrected chi connectivity index (χ4v) is 2.18. The number of anilines is 3. The van der Waals surface area contributed by atoms with E-state index in [0.29, 0.717) is 5.92 Å². The number of nitrogens with one attached hydrogen (secondary N) is 2. The van der Waals surface area contributed by atoms with Crippen molar-refractivity contribution in [3.63, 3.8) is 0 Å². The van der Waals surface area contributed by atoms with Crippen molar-refractivity contribution in [2.75, 3.05) is 10.6 Å². The monoisotopic (exact) mass is 329 g/mol. The summed E-state index contributed by atoms with van der Waals surface area (Å²) < 4.78 is 0. The Morgan fingerprint density at radius 1 is 1.08 bits per heavy atom. The van der Waals surface area contributed by atoms with Gasteiger partial charge >= 0.3 is 5.69 Å². The molecule has 0 aliphatic rings. The Labute approximate surface area is 141 Å². The van der Waals surface area contributed by atoms with E-state index in [1.54, 1.807) is 0 Å². The van der Waals surface area contributed by atoms with E-state index in [4.69, 9.17) is 0 Å². The lowest BCUT2D eigenvalue weighted by Crippen LogP contribution is -2.27. The Kier molecular flexibility index (Phi) is 5.02. The molecule has 7 heteroatoms. The number of hydrogen-bond acceptors (Lipinski definition) is 6. The summed E-state index contributed by atoms with van der Waals surface area (Å²) in [6, 6.07) is 7.76. The minimum atomic E-state index is -0.473. The van der Waals surface area contributed by atoms with Gasteiger partial charge in [0, 0.05) is 11.2 Å². The Morgan fingerprint density at radius 3 is 2.17 bits per heavy atom. The maximum atomic E-state index is 11.5. The van der Waals surface area contributed by atoms with Crippen LogP contribution in [-0.4, -0.2) is 20.4 Å². The minimum Gasteiger partial charge on any atom is -0.360 e. The van der Waals surface area contributed by atoms with E-state index in [9.17, 15) is 10.1 Å². The van der Waals surface area contributed by atoms with E-state index in [1.165, 1.54) is 11.9 Å². The van der Waals surface area contributed by atoms with Gasteiger partial charge in [-0.3, -0.25) is 10.1 Å². The van der Waals surface area contributed by atoms with Crippen LogP contribution in [-0.2, 0) is 0 Å². The second-order valence-electron chi connectivity index (χ2n) is 6.95. The molecule has 0 aliphatic carbocycles. The third-order valence-electron chi connectivity index (χ3n) is 3.34. The molecule has 1 aromatic heterocycles. The molecule has 0 bridgehead atoms. The summed E-state index contributed by atoms with van der Waals surface area (Å²) in [7, 11) is 0. The zero-order valence-electron chi connectivity index (χ0n) is 14.6. The number of nitro groups is 1. The molecule has 0 amide bonds. The Balaban J connectivity index is 2.35. The number of benzene rings is 1. The molecule has 0 saturated carbocycles. The molecular weight excluding hydrogens is 306 g/mol. The van der Waals surface area contributed by atoms with Crippen LogP contribution < -0.4 is 10.6 Å². The maximum absolute atomic E-state index is 11.5. The molecule has 2 N–H and O–H groups in total. The molecule has 0 radical (unpaired) electrons. The van der Waals surface area contributed by atoms with Crippen LogP contribution in [0.2, 0.25) is 0 Å². The Hall–Kier alpha value is -2.70. The predicted molar refractivity (Wildman–Crippen MR) is 95.9 cm³/mol. The smallest absolute Gasteiger partial charge is 0.353 e. The van der Waals surface area contributed by atoms with Gasteiger partial charge in [-0.2, -0.15) is 0 Å². The summed E-state index contributed by atoms with van der Waals surface area (Å²) >= 11 is 0. The van der Waals surface area contributed by atoms with Crippen molar-refractivity contribution >= 4 is 23.0 Å². The first-order valence-corrected chi connectivity index (χ1v) is 7.82. The highest BCUT2D eigenvalue weighted by Crippen LogP contribution is 2.32. The molecule has 1 aromatic carbocycles. The summed E-state index contributed by atoms with van der Waals surface area (Å²) in [5.41, 5.74) is 1.42. The number of hydrogen-bond donors (Lipinski definition) is 2. The molecule has 0 unspecified atom stereocenters. The van der Waals surface area contributed by atoms with Crippen LogP contribution in [0, 0.1) is 10.1 Å². The molecule has 1 heterocycles. The quantitative estimate of drug-likeness (QED) is 0.621. The second-order valence-corrected chi connectivity index (χ2v) is 6.95. The molecule has 0 saturated heterocycles. The van der Waals surface area contributed by atoms with Crippen molar-refractivity contribution < 1.29 is 4.92 Å².